The summed E-state index contributed by atoms with van der Waals surface area (Å²) in [5.74, 6) is -0.312. The van der Waals surface area contributed by atoms with Crippen LogP contribution in [-0.2, 0) is 4.79 Å². The predicted molar refractivity (Wildman–Crippen MR) is 66.4 cm³/mol. The topological polar surface area (TPSA) is 29.1 Å². The van der Waals surface area contributed by atoms with Crippen molar-refractivity contribution in [2.24, 2.45) is 0 Å². The van der Waals surface area contributed by atoms with Crippen LogP contribution in [0.1, 0.15) is 18.9 Å². The molecule has 0 unspecified atom stereocenters. The number of hydrogen-bond acceptors (Lipinski definition) is 1. The molecule has 2 nitrogen and oxygen atoms in total. The van der Waals surface area contributed by atoms with E-state index < -0.39 is 0 Å². The Balaban J connectivity index is 2.47. The predicted octanol–water partition coefficient (Wildman–Crippen LogP) is 3.13. The summed E-state index contributed by atoms with van der Waals surface area (Å²) in [5, 5.41) is 2.66. The van der Waals surface area contributed by atoms with Crippen LogP contribution < -0.4 is 5.32 Å². The third kappa shape index (κ3) is 4.57. The third-order valence-corrected chi connectivity index (χ3v) is 2.44. The van der Waals surface area contributed by atoms with Gasteiger partial charge in [0.25, 0.3) is 0 Å². The standard InChI is InChI=1S/C12H13BrFNO/c1-9(16)15-7-3-2-4-10-5-6-11(13)8-12(10)14/h2,4-6,8H,3,7H2,1H3,(H,15,16). The summed E-state index contributed by atoms with van der Waals surface area (Å²) < 4.78 is 14.1. The van der Waals surface area contributed by atoms with Crippen LogP contribution in [0.25, 0.3) is 6.08 Å². The molecule has 0 atom stereocenters. The minimum Gasteiger partial charge on any atom is -0.356 e. The van der Waals surface area contributed by atoms with E-state index in [1.165, 1.54) is 13.0 Å². The molecule has 0 radical (unpaired) electrons. The molecule has 1 aromatic rings. The maximum Gasteiger partial charge on any atom is 0.216 e. The van der Waals surface area contributed by atoms with Gasteiger partial charge in [0.2, 0.25) is 5.91 Å². The lowest BCUT2D eigenvalue weighted by Crippen LogP contribution is -2.20. The van der Waals surface area contributed by atoms with Crippen molar-refractivity contribution in [1.29, 1.82) is 0 Å². The van der Waals surface area contributed by atoms with Crippen LogP contribution in [0, 0.1) is 5.82 Å². The molecule has 0 aromatic heterocycles. The molecular weight excluding hydrogens is 273 g/mol. The number of halogens is 2. The largest absolute Gasteiger partial charge is 0.356 e. The summed E-state index contributed by atoms with van der Waals surface area (Å²) >= 11 is 3.19. The van der Waals surface area contributed by atoms with Gasteiger partial charge in [-0.3, -0.25) is 4.79 Å². The minimum absolute atomic E-state index is 0.0526. The first-order valence-electron chi connectivity index (χ1n) is 4.95. The van der Waals surface area contributed by atoms with Gasteiger partial charge in [-0.05, 0) is 18.6 Å². The van der Waals surface area contributed by atoms with Crippen LogP contribution in [0.5, 0.6) is 0 Å². The summed E-state index contributed by atoms with van der Waals surface area (Å²) in [6.07, 6.45) is 4.24. The molecule has 4 heteroatoms. The van der Waals surface area contributed by atoms with Crippen molar-refractivity contribution in [2.75, 3.05) is 6.54 Å². The summed E-state index contributed by atoms with van der Waals surface area (Å²) in [4.78, 5) is 10.6. The van der Waals surface area contributed by atoms with Gasteiger partial charge in [0, 0.05) is 23.5 Å². The van der Waals surface area contributed by atoms with Gasteiger partial charge < -0.3 is 5.32 Å². The molecular formula is C12H13BrFNO. The Labute approximate surface area is 103 Å². The zero-order valence-electron chi connectivity index (χ0n) is 8.97. The second kappa shape index (κ2) is 6.43. The van der Waals surface area contributed by atoms with E-state index in [9.17, 15) is 9.18 Å². The number of amides is 1. The van der Waals surface area contributed by atoms with E-state index in [4.69, 9.17) is 0 Å². The van der Waals surface area contributed by atoms with E-state index in [0.29, 0.717) is 18.5 Å². The summed E-state index contributed by atoms with van der Waals surface area (Å²) in [6.45, 7) is 2.04. The van der Waals surface area contributed by atoms with Crippen LogP contribution >= 0.6 is 15.9 Å². The Kier molecular flexibility index (Phi) is 5.19. The first-order chi connectivity index (χ1) is 7.59. The fourth-order valence-electron chi connectivity index (χ4n) is 1.18. The van der Waals surface area contributed by atoms with E-state index in [1.807, 2.05) is 6.08 Å². The van der Waals surface area contributed by atoms with Crippen molar-refractivity contribution in [3.05, 3.63) is 40.1 Å². The molecule has 1 amide bonds. The maximum absolute atomic E-state index is 13.3. The van der Waals surface area contributed by atoms with Gasteiger partial charge in [-0.1, -0.05) is 34.1 Å². The summed E-state index contributed by atoms with van der Waals surface area (Å²) in [5.41, 5.74) is 0.547. The van der Waals surface area contributed by atoms with E-state index in [2.05, 4.69) is 21.2 Å². The van der Waals surface area contributed by atoms with Crippen LogP contribution in [0.2, 0.25) is 0 Å². The average molecular weight is 286 g/mol. The van der Waals surface area contributed by atoms with Crippen molar-refractivity contribution in [3.63, 3.8) is 0 Å². The molecule has 0 saturated heterocycles. The lowest BCUT2D eigenvalue weighted by atomic mass is 10.2. The zero-order chi connectivity index (χ0) is 12.0. The summed E-state index contributed by atoms with van der Waals surface area (Å²) in [6, 6.07) is 4.92. The lowest BCUT2D eigenvalue weighted by molar-refractivity contribution is -0.118. The van der Waals surface area contributed by atoms with Crippen LogP contribution in [0.4, 0.5) is 4.39 Å². The highest BCUT2D eigenvalue weighted by Gasteiger charge is 1.98. The molecule has 0 bridgehead atoms. The van der Waals surface area contributed by atoms with Gasteiger partial charge in [0.05, 0.1) is 0 Å². The number of carbonyl (C=O) groups is 1. The SMILES string of the molecule is CC(=O)NCCC=Cc1ccc(Br)cc1F. The van der Waals surface area contributed by atoms with Gasteiger partial charge in [-0.15, -0.1) is 0 Å². The Morgan fingerprint density at radius 1 is 1.56 bits per heavy atom. The Bertz CT molecular complexity index is 404. The second-order valence-electron chi connectivity index (χ2n) is 3.34. The molecule has 0 spiro atoms. The van der Waals surface area contributed by atoms with Gasteiger partial charge in [0.1, 0.15) is 5.82 Å². The van der Waals surface area contributed by atoms with E-state index >= 15 is 0 Å². The van der Waals surface area contributed by atoms with Crippen molar-refractivity contribution in [2.45, 2.75) is 13.3 Å². The molecule has 0 aliphatic heterocycles. The first-order valence-corrected chi connectivity index (χ1v) is 5.75. The molecule has 0 aliphatic rings. The number of hydrogen-bond donors (Lipinski definition) is 1. The minimum atomic E-state index is -0.259. The maximum atomic E-state index is 13.3. The highest BCUT2D eigenvalue weighted by Crippen LogP contribution is 2.16. The Hall–Kier alpha value is -1.16. The zero-order valence-corrected chi connectivity index (χ0v) is 10.6. The number of rotatable bonds is 4. The van der Waals surface area contributed by atoms with E-state index in [0.717, 1.165) is 4.47 Å². The second-order valence-corrected chi connectivity index (χ2v) is 4.26. The summed E-state index contributed by atoms with van der Waals surface area (Å²) in [7, 11) is 0. The lowest BCUT2D eigenvalue weighted by Gasteiger charge is -1.99. The molecule has 1 rings (SSSR count). The average Bonchev–Trinajstić information content (AvgIpc) is 2.20. The van der Waals surface area contributed by atoms with Crippen LogP contribution in [0.15, 0.2) is 28.7 Å². The van der Waals surface area contributed by atoms with Gasteiger partial charge >= 0.3 is 0 Å². The molecule has 0 saturated carbocycles. The van der Waals surface area contributed by atoms with Crippen molar-refractivity contribution in [3.8, 4) is 0 Å². The Morgan fingerprint density at radius 3 is 2.94 bits per heavy atom. The van der Waals surface area contributed by atoms with Gasteiger partial charge in [-0.25, -0.2) is 4.39 Å². The number of benzene rings is 1. The van der Waals surface area contributed by atoms with Crippen molar-refractivity contribution in [1.82, 2.24) is 5.32 Å². The molecule has 0 fully saturated rings. The number of nitrogens with one attached hydrogen (secondary N) is 1. The molecule has 16 heavy (non-hydrogen) atoms. The van der Waals surface area contributed by atoms with E-state index in [1.54, 1.807) is 18.2 Å². The van der Waals surface area contributed by atoms with E-state index in [-0.39, 0.29) is 11.7 Å². The smallest absolute Gasteiger partial charge is 0.216 e. The third-order valence-electron chi connectivity index (χ3n) is 1.94. The molecule has 1 aromatic carbocycles. The van der Waals surface area contributed by atoms with Crippen molar-refractivity contribution >= 4 is 27.9 Å². The monoisotopic (exact) mass is 285 g/mol. The quantitative estimate of drug-likeness (QED) is 0.846. The molecule has 0 heterocycles. The fraction of sp³-hybridized carbons (Fsp3) is 0.250. The molecule has 0 aliphatic carbocycles. The van der Waals surface area contributed by atoms with Crippen molar-refractivity contribution < 1.29 is 9.18 Å². The van der Waals surface area contributed by atoms with Gasteiger partial charge in [0.15, 0.2) is 0 Å². The van der Waals surface area contributed by atoms with Gasteiger partial charge in [-0.2, -0.15) is 0 Å². The normalized spacial score (nSPS) is 10.7. The Morgan fingerprint density at radius 2 is 2.31 bits per heavy atom. The highest BCUT2D eigenvalue weighted by atomic mass is 79.9. The fourth-order valence-corrected chi connectivity index (χ4v) is 1.51. The highest BCUT2D eigenvalue weighted by molar-refractivity contribution is 9.10. The van der Waals surface area contributed by atoms with Crippen LogP contribution in [0.3, 0.4) is 0 Å². The first kappa shape index (κ1) is 12.9. The molecule has 86 valence electrons. The van der Waals surface area contributed by atoms with Crippen LogP contribution in [-0.4, -0.2) is 12.5 Å². The molecule has 1 N–H and O–H groups in total. The number of carbonyl (C=O) groups excluding carboxylic acids is 1.